The molecule has 0 fully saturated rings. The normalized spacial score (nSPS) is 12.6. The summed E-state index contributed by atoms with van der Waals surface area (Å²) in [6.45, 7) is 13.1. The second kappa shape index (κ2) is 16.4. The van der Waals surface area contributed by atoms with Crippen molar-refractivity contribution in [2.24, 2.45) is 0 Å². The van der Waals surface area contributed by atoms with E-state index in [1.165, 1.54) is 94.7 Å². The van der Waals surface area contributed by atoms with Crippen molar-refractivity contribution in [1.82, 2.24) is 0 Å². The molecule has 1 aromatic carbocycles. The van der Waals surface area contributed by atoms with Gasteiger partial charge in [0.15, 0.2) is 0 Å². The van der Waals surface area contributed by atoms with Gasteiger partial charge in [0.05, 0.1) is 19.6 Å². The molecule has 0 aliphatic rings. The summed E-state index contributed by atoms with van der Waals surface area (Å²) in [4.78, 5) is 0. The lowest BCUT2D eigenvalue weighted by molar-refractivity contribution is -0.953. The number of hydrogen-bond acceptors (Lipinski definition) is 0. The Bertz CT molecular complexity index is 419. The summed E-state index contributed by atoms with van der Waals surface area (Å²) >= 11 is 0. The van der Waals surface area contributed by atoms with Crippen LogP contribution in [-0.4, -0.2) is 24.1 Å². The maximum Gasteiger partial charge on any atom is 0.115 e. The van der Waals surface area contributed by atoms with Crippen molar-refractivity contribution in [2.45, 2.75) is 104 Å². The molecule has 0 aliphatic heterocycles. The first-order chi connectivity index (χ1) is 12.7. The first kappa shape index (κ1) is 26.5. The minimum Gasteiger partial charge on any atom is -1.00 e. The van der Waals surface area contributed by atoms with Crippen LogP contribution in [0.3, 0.4) is 0 Å². The van der Waals surface area contributed by atoms with E-state index in [9.17, 15) is 0 Å². The summed E-state index contributed by atoms with van der Waals surface area (Å²) in [6.07, 6.45) is 15.6. The molecule has 0 spiro atoms. The van der Waals surface area contributed by atoms with E-state index in [0.29, 0.717) is 6.04 Å². The molecule has 1 rings (SSSR count). The summed E-state index contributed by atoms with van der Waals surface area (Å²) in [5.74, 6) is 0. The number of halogens is 1. The fourth-order valence-electron chi connectivity index (χ4n) is 4.59. The van der Waals surface area contributed by atoms with Crippen molar-refractivity contribution < 1.29 is 16.9 Å². The van der Waals surface area contributed by atoms with Crippen LogP contribution in [0.5, 0.6) is 0 Å². The van der Waals surface area contributed by atoms with Gasteiger partial charge in [-0.2, -0.15) is 0 Å². The minimum absolute atomic E-state index is 0. The third-order valence-electron chi connectivity index (χ3n) is 6.57. The van der Waals surface area contributed by atoms with E-state index < -0.39 is 0 Å². The highest BCUT2D eigenvalue weighted by Gasteiger charge is 2.32. The van der Waals surface area contributed by atoms with Crippen molar-refractivity contribution in [2.75, 3.05) is 19.6 Å². The van der Waals surface area contributed by atoms with Crippen molar-refractivity contribution in [3.63, 3.8) is 0 Å². The number of unbranched alkanes of at least 4 members (excludes halogenated alkanes) is 9. The van der Waals surface area contributed by atoms with Crippen LogP contribution in [0.15, 0.2) is 30.3 Å². The molecule has 0 saturated heterocycles. The molecule has 1 unspecified atom stereocenters. The van der Waals surface area contributed by atoms with E-state index in [4.69, 9.17) is 0 Å². The van der Waals surface area contributed by atoms with Gasteiger partial charge < -0.3 is 16.9 Å². The SMILES string of the molecule is CCCCCCCCCCCCC(c1ccccc1)[N+](CC)(CC)CC.[Cl-]. The lowest BCUT2D eigenvalue weighted by atomic mass is 9.95. The largest absolute Gasteiger partial charge is 1.00 e. The number of rotatable bonds is 16. The minimum atomic E-state index is 0. The first-order valence-electron chi connectivity index (χ1n) is 11.6. The van der Waals surface area contributed by atoms with Crippen molar-refractivity contribution >= 4 is 0 Å². The van der Waals surface area contributed by atoms with Gasteiger partial charge in [0, 0.05) is 12.0 Å². The molecule has 0 amide bonds. The van der Waals surface area contributed by atoms with Gasteiger partial charge in [-0.25, -0.2) is 0 Å². The van der Waals surface area contributed by atoms with E-state index in [1.54, 1.807) is 5.56 Å². The predicted molar refractivity (Wildman–Crippen MR) is 118 cm³/mol. The molecule has 0 radical (unpaired) electrons. The smallest absolute Gasteiger partial charge is 0.115 e. The third-order valence-corrected chi connectivity index (χ3v) is 6.57. The van der Waals surface area contributed by atoms with Crippen LogP contribution in [0, 0.1) is 0 Å². The molecule has 1 aromatic rings. The molecule has 0 heterocycles. The van der Waals surface area contributed by atoms with E-state index in [0.717, 1.165) is 0 Å². The van der Waals surface area contributed by atoms with Crippen LogP contribution < -0.4 is 12.4 Å². The monoisotopic (exact) mass is 395 g/mol. The van der Waals surface area contributed by atoms with Crippen molar-refractivity contribution in [3.05, 3.63) is 35.9 Å². The summed E-state index contributed by atoms with van der Waals surface area (Å²) in [5.41, 5.74) is 1.55. The van der Waals surface area contributed by atoms with Gasteiger partial charge in [-0.1, -0.05) is 95.0 Å². The number of quaternary nitrogens is 1. The first-order valence-corrected chi connectivity index (χ1v) is 11.6. The maximum atomic E-state index is 2.38. The Kier molecular flexibility index (Phi) is 16.1. The highest BCUT2D eigenvalue weighted by atomic mass is 35.5. The second-order valence-corrected chi connectivity index (χ2v) is 8.06. The molecule has 0 bridgehead atoms. The molecule has 1 nitrogen and oxygen atoms in total. The fraction of sp³-hybridized carbons (Fsp3) is 0.760. The molecule has 158 valence electrons. The molecular weight excluding hydrogens is 350 g/mol. The van der Waals surface area contributed by atoms with E-state index in [2.05, 4.69) is 58.0 Å². The Hall–Kier alpha value is -0.530. The van der Waals surface area contributed by atoms with Gasteiger partial charge in [-0.05, 0) is 27.2 Å². The Labute approximate surface area is 176 Å². The number of hydrogen-bond donors (Lipinski definition) is 0. The lowest BCUT2D eigenvalue weighted by Gasteiger charge is -2.43. The predicted octanol–water partition coefficient (Wildman–Crippen LogP) is 4.92. The highest BCUT2D eigenvalue weighted by Crippen LogP contribution is 2.33. The van der Waals surface area contributed by atoms with Crippen LogP contribution in [0.25, 0.3) is 0 Å². The Morgan fingerprint density at radius 2 is 1.07 bits per heavy atom. The second-order valence-electron chi connectivity index (χ2n) is 8.06. The van der Waals surface area contributed by atoms with Crippen LogP contribution in [0.1, 0.15) is 110 Å². The van der Waals surface area contributed by atoms with Crippen LogP contribution in [-0.2, 0) is 0 Å². The summed E-state index contributed by atoms with van der Waals surface area (Å²) in [6, 6.07) is 12.0. The highest BCUT2D eigenvalue weighted by molar-refractivity contribution is 5.17. The number of benzene rings is 1. The van der Waals surface area contributed by atoms with Gasteiger partial charge in [0.25, 0.3) is 0 Å². The molecule has 0 aliphatic carbocycles. The van der Waals surface area contributed by atoms with E-state index >= 15 is 0 Å². The zero-order valence-corrected chi connectivity index (χ0v) is 19.4. The zero-order valence-electron chi connectivity index (χ0n) is 18.7. The fourth-order valence-corrected chi connectivity index (χ4v) is 4.59. The summed E-state index contributed by atoms with van der Waals surface area (Å²) < 4.78 is 1.24. The standard InChI is InChI=1S/C25H46N.ClH/c1-5-9-10-11-12-13-14-15-16-20-23-25(24-21-18-17-19-22-24)26(6-2,7-3)8-4;/h17-19,21-22,25H,5-16,20,23H2,1-4H3;1H/q+1;/p-1. The molecule has 0 N–H and O–H groups in total. The zero-order chi connectivity index (χ0) is 19.1. The maximum absolute atomic E-state index is 2.38. The van der Waals surface area contributed by atoms with Gasteiger partial charge in [-0.15, -0.1) is 0 Å². The molecule has 2 heteroatoms. The lowest BCUT2D eigenvalue weighted by Crippen LogP contribution is -3.00. The Morgan fingerprint density at radius 1 is 0.630 bits per heavy atom. The topological polar surface area (TPSA) is 0 Å². The van der Waals surface area contributed by atoms with Gasteiger partial charge >= 0.3 is 0 Å². The van der Waals surface area contributed by atoms with E-state index in [1.807, 2.05) is 0 Å². The van der Waals surface area contributed by atoms with Crippen LogP contribution in [0.4, 0.5) is 0 Å². The van der Waals surface area contributed by atoms with Crippen LogP contribution in [0.2, 0.25) is 0 Å². The van der Waals surface area contributed by atoms with Crippen molar-refractivity contribution in [1.29, 1.82) is 0 Å². The summed E-state index contributed by atoms with van der Waals surface area (Å²) in [7, 11) is 0. The molecular formula is C25H46ClN. The third kappa shape index (κ3) is 9.48. The average molecular weight is 396 g/mol. The Morgan fingerprint density at radius 3 is 1.52 bits per heavy atom. The van der Waals surface area contributed by atoms with E-state index in [-0.39, 0.29) is 12.4 Å². The molecule has 1 atom stereocenters. The number of nitrogens with zero attached hydrogens (tertiary/aromatic N) is 1. The van der Waals surface area contributed by atoms with Gasteiger partial charge in [0.1, 0.15) is 6.04 Å². The molecule has 0 aromatic heterocycles. The Balaban J connectivity index is 0.00000676. The quantitative estimate of drug-likeness (QED) is 0.275. The van der Waals surface area contributed by atoms with Crippen molar-refractivity contribution in [3.8, 4) is 0 Å². The van der Waals surface area contributed by atoms with Crippen LogP contribution >= 0.6 is 0 Å². The molecule has 0 saturated carbocycles. The molecule has 27 heavy (non-hydrogen) atoms. The summed E-state index contributed by atoms with van der Waals surface area (Å²) in [5, 5.41) is 0. The van der Waals surface area contributed by atoms with Gasteiger partial charge in [-0.3, -0.25) is 0 Å². The average Bonchev–Trinajstić information content (AvgIpc) is 2.70. The van der Waals surface area contributed by atoms with Gasteiger partial charge in [0.2, 0.25) is 0 Å².